The number of nitrogens with zero attached hydrogens (tertiary/aromatic N) is 1. The second-order valence-electron chi connectivity index (χ2n) is 6.13. The maximum Gasteiger partial charge on any atom is 0.223 e. The standard InChI is InChI=1S/C19H23FN2O2S/c20-15-5-7-16(8-6-15)24-12-9-19(23)21-14-17(18-4-3-13-25-18)22-10-1-2-11-22/h3-8,13,17H,1-2,9-12,14H2,(H,21,23). The number of hydrogen-bond donors (Lipinski definition) is 1. The van der Waals surface area contributed by atoms with Crippen LogP contribution in [0.3, 0.4) is 0 Å². The van der Waals surface area contributed by atoms with Crippen molar-refractivity contribution < 1.29 is 13.9 Å². The van der Waals surface area contributed by atoms with Gasteiger partial charge >= 0.3 is 0 Å². The van der Waals surface area contributed by atoms with Crippen LogP contribution >= 0.6 is 11.3 Å². The SMILES string of the molecule is O=C(CCOc1ccc(F)cc1)NCC(c1cccs1)N1CCCC1. The molecule has 1 aromatic heterocycles. The zero-order chi connectivity index (χ0) is 17.5. The first kappa shape index (κ1) is 17.9. The molecule has 134 valence electrons. The highest BCUT2D eigenvalue weighted by Gasteiger charge is 2.24. The van der Waals surface area contributed by atoms with Crippen molar-refractivity contribution in [2.24, 2.45) is 0 Å². The van der Waals surface area contributed by atoms with E-state index in [0.717, 1.165) is 13.1 Å². The molecule has 1 aliphatic heterocycles. The van der Waals surface area contributed by atoms with Gasteiger partial charge in [0.25, 0.3) is 0 Å². The van der Waals surface area contributed by atoms with E-state index >= 15 is 0 Å². The van der Waals surface area contributed by atoms with Crippen LogP contribution in [0, 0.1) is 5.82 Å². The predicted molar refractivity (Wildman–Crippen MR) is 97.4 cm³/mol. The summed E-state index contributed by atoms with van der Waals surface area (Å²) >= 11 is 1.74. The van der Waals surface area contributed by atoms with E-state index < -0.39 is 0 Å². The lowest BCUT2D eigenvalue weighted by Crippen LogP contribution is -2.36. The highest BCUT2D eigenvalue weighted by molar-refractivity contribution is 7.10. The minimum atomic E-state index is -0.299. The van der Waals surface area contributed by atoms with Gasteiger partial charge in [0.1, 0.15) is 11.6 Å². The van der Waals surface area contributed by atoms with E-state index in [4.69, 9.17) is 4.74 Å². The van der Waals surface area contributed by atoms with Crippen LogP contribution in [0.4, 0.5) is 4.39 Å². The monoisotopic (exact) mass is 362 g/mol. The molecule has 1 N–H and O–H groups in total. The normalized spacial score (nSPS) is 15.9. The number of thiophene rings is 1. The predicted octanol–water partition coefficient (Wildman–Crippen LogP) is 3.61. The quantitative estimate of drug-likeness (QED) is 0.780. The van der Waals surface area contributed by atoms with Gasteiger partial charge in [0, 0.05) is 11.4 Å². The lowest BCUT2D eigenvalue weighted by atomic mass is 10.2. The zero-order valence-electron chi connectivity index (χ0n) is 14.1. The number of amides is 1. The van der Waals surface area contributed by atoms with Gasteiger partial charge in [0.05, 0.1) is 19.1 Å². The first-order chi connectivity index (χ1) is 12.2. The Kier molecular flexibility index (Phi) is 6.42. The van der Waals surface area contributed by atoms with E-state index in [2.05, 4.69) is 27.7 Å². The number of halogens is 1. The van der Waals surface area contributed by atoms with Crippen molar-refractivity contribution in [2.75, 3.05) is 26.2 Å². The Morgan fingerprint density at radius 1 is 1.24 bits per heavy atom. The Bertz CT molecular complexity index is 655. The van der Waals surface area contributed by atoms with Gasteiger partial charge in [-0.15, -0.1) is 11.3 Å². The number of benzene rings is 1. The summed E-state index contributed by atoms with van der Waals surface area (Å²) in [5.74, 6) is 0.247. The van der Waals surface area contributed by atoms with Crippen molar-refractivity contribution in [3.8, 4) is 5.75 Å². The fourth-order valence-corrected chi connectivity index (χ4v) is 3.90. The third kappa shape index (κ3) is 5.28. The largest absolute Gasteiger partial charge is 0.493 e. The van der Waals surface area contributed by atoms with Gasteiger partial charge in [-0.05, 0) is 61.6 Å². The number of hydrogen-bond acceptors (Lipinski definition) is 4. The molecular formula is C19H23FN2O2S. The van der Waals surface area contributed by atoms with E-state index in [1.54, 1.807) is 23.5 Å². The van der Waals surface area contributed by atoms with Crippen LogP contribution in [0.15, 0.2) is 41.8 Å². The average molecular weight is 362 g/mol. The molecule has 1 aliphatic rings. The fourth-order valence-electron chi connectivity index (χ4n) is 3.04. The van der Waals surface area contributed by atoms with Gasteiger partial charge in [0.15, 0.2) is 0 Å². The van der Waals surface area contributed by atoms with Gasteiger partial charge in [-0.1, -0.05) is 6.07 Å². The van der Waals surface area contributed by atoms with Crippen LogP contribution in [0.5, 0.6) is 5.75 Å². The molecule has 6 heteroatoms. The second kappa shape index (κ2) is 8.97. The number of likely N-dealkylation sites (tertiary alicyclic amines) is 1. The Balaban J connectivity index is 1.44. The van der Waals surface area contributed by atoms with Crippen LogP contribution in [0.25, 0.3) is 0 Å². The molecule has 1 unspecified atom stereocenters. The molecule has 0 radical (unpaired) electrons. The number of nitrogens with one attached hydrogen (secondary N) is 1. The summed E-state index contributed by atoms with van der Waals surface area (Å²) < 4.78 is 18.3. The molecule has 0 aliphatic carbocycles. The van der Waals surface area contributed by atoms with Crippen LogP contribution in [-0.2, 0) is 4.79 Å². The highest BCUT2D eigenvalue weighted by Crippen LogP contribution is 2.27. The number of ether oxygens (including phenoxy) is 1. The summed E-state index contributed by atoms with van der Waals surface area (Å²) in [6.45, 7) is 3.08. The van der Waals surface area contributed by atoms with Crippen molar-refractivity contribution in [1.29, 1.82) is 0 Å². The molecule has 0 saturated carbocycles. The maximum absolute atomic E-state index is 12.8. The van der Waals surface area contributed by atoms with Gasteiger partial charge in [0.2, 0.25) is 5.91 Å². The summed E-state index contributed by atoms with van der Waals surface area (Å²) in [4.78, 5) is 15.9. The van der Waals surface area contributed by atoms with Gasteiger partial charge < -0.3 is 10.1 Å². The van der Waals surface area contributed by atoms with Crippen LogP contribution in [-0.4, -0.2) is 37.0 Å². The summed E-state index contributed by atoms with van der Waals surface area (Å²) in [5, 5.41) is 5.11. The van der Waals surface area contributed by atoms with E-state index in [1.807, 2.05) is 0 Å². The topological polar surface area (TPSA) is 41.6 Å². The summed E-state index contributed by atoms with van der Waals surface area (Å²) in [6.07, 6.45) is 2.73. The van der Waals surface area contributed by atoms with Crippen LogP contribution in [0.1, 0.15) is 30.2 Å². The third-order valence-electron chi connectivity index (χ3n) is 4.36. The lowest BCUT2D eigenvalue weighted by molar-refractivity contribution is -0.121. The molecule has 1 saturated heterocycles. The Labute approximate surface area is 151 Å². The molecule has 2 heterocycles. The minimum Gasteiger partial charge on any atom is -0.493 e. The molecule has 1 fully saturated rings. The third-order valence-corrected chi connectivity index (χ3v) is 5.33. The Hall–Kier alpha value is -1.92. The minimum absolute atomic E-state index is 0.0251. The number of carbonyl (C=O) groups is 1. The van der Waals surface area contributed by atoms with Crippen molar-refractivity contribution >= 4 is 17.2 Å². The Morgan fingerprint density at radius 2 is 2.00 bits per heavy atom. The van der Waals surface area contributed by atoms with Gasteiger partial charge in [-0.25, -0.2) is 4.39 Å². The van der Waals surface area contributed by atoms with E-state index in [9.17, 15) is 9.18 Å². The molecule has 1 aromatic carbocycles. The highest BCUT2D eigenvalue weighted by atomic mass is 32.1. The molecule has 1 amide bonds. The van der Waals surface area contributed by atoms with Crippen LogP contribution in [0.2, 0.25) is 0 Å². The molecule has 1 atom stereocenters. The van der Waals surface area contributed by atoms with E-state index in [1.165, 1.54) is 29.9 Å². The first-order valence-corrected chi connectivity index (χ1v) is 9.53. The molecule has 0 bridgehead atoms. The molecule has 4 nitrogen and oxygen atoms in total. The molecular weight excluding hydrogens is 339 g/mol. The van der Waals surface area contributed by atoms with Gasteiger partial charge in [-0.3, -0.25) is 9.69 Å². The summed E-state index contributed by atoms with van der Waals surface area (Å²) in [7, 11) is 0. The second-order valence-corrected chi connectivity index (χ2v) is 7.11. The van der Waals surface area contributed by atoms with Crippen molar-refractivity contribution in [1.82, 2.24) is 10.2 Å². The zero-order valence-corrected chi connectivity index (χ0v) is 14.9. The van der Waals surface area contributed by atoms with E-state index in [0.29, 0.717) is 12.3 Å². The summed E-state index contributed by atoms with van der Waals surface area (Å²) in [6, 6.07) is 10.3. The maximum atomic E-state index is 12.8. The Morgan fingerprint density at radius 3 is 2.68 bits per heavy atom. The molecule has 2 aromatic rings. The molecule has 0 spiro atoms. The summed E-state index contributed by atoms with van der Waals surface area (Å²) in [5.41, 5.74) is 0. The van der Waals surface area contributed by atoms with Crippen molar-refractivity contribution in [3.63, 3.8) is 0 Å². The number of rotatable bonds is 8. The first-order valence-electron chi connectivity index (χ1n) is 8.65. The van der Waals surface area contributed by atoms with Crippen LogP contribution < -0.4 is 10.1 Å². The molecule has 25 heavy (non-hydrogen) atoms. The number of carbonyl (C=O) groups excluding carboxylic acids is 1. The van der Waals surface area contributed by atoms with Crippen molar-refractivity contribution in [2.45, 2.75) is 25.3 Å². The smallest absolute Gasteiger partial charge is 0.223 e. The average Bonchev–Trinajstić information content (AvgIpc) is 3.31. The van der Waals surface area contributed by atoms with Gasteiger partial charge in [-0.2, -0.15) is 0 Å². The lowest BCUT2D eigenvalue weighted by Gasteiger charge is -2.26. The van der Waals surface area contributed by atoms with E-state index in [-0.39, 0.29) is 30.8 Å². The van der Waals surface area contributed by atoms with Crippen molar-refractivity contribution in [3.05, 3.63) is 52.5 Å². The fraction of sp³-hybridized carbons (Fsp3) is 0.421. The molecule has 3 rings (SSSR count).